The van der Waals surface area contributed by atoms with E-state index in [1.807, 2.05) is 0 Å². The van der Waals surface area contributed by atoms with Crippen LogP contribution in [0.3, 0.4) is 0 Å². The molecule has 1 aromatic carbocycles. The van der Waals surface area contributed by atoms with Gasteiger partial charge in [-0.3, -0.25) is 9.59 Å². The Morgan fingerprint density at radius 1 is 1.19 bits per heavy atom. The maximum atomic E-state index is 12.2. The summed E-state index contributed by atoms with van der Waals surface area (Å²) in [6, 6.07) is 10.2. The van der Waals surface area contributed by atoms with Crippen LogP contribution in [0.25, 0.3) is 0 Å². The number of amides is 2. The molecule has 0 unspecified atom stereocenters. The van der Waals surface area contributed by atoms with Gasteiger partial charge in [0.25, 0.3) is 5.91 Å². The molecule has 2 amide bonds. The summed E-state index contributed by atoms with van der Waals surface area (Å²) in [4.78, 5) is 27.4. The van der Waals surface area contributed by atoms with Gasteiger partial charge in [-0.15, -0.1) is 0 Å². The SMILES string of the molecule is Cc1ccoc1C(=O)Nc1cccc(C#Cc2cc(C(N)=O)cnc2N)c1. The van der Waals surface area contributed by atoms with Gasteiger partial charge < -0.3 is 21.2 Å². The highest BCUT2D eigenvalue weighted by molar-refractivity contribution is 6.03. The number of nitrogens with one attached hydrogen (secondary N) is 1. The lowest BCUT2D eigenvalue weighted by atomic mass is 10.1. The lowest BCUT2D eigenvalue weighted by molar-refractivity contribution is 0.0989. The van der Waals surface area contributed by atoms with E-state index >= 15 is 0 Å². The molecule has 0 saturated heterocycles. The van der Waals surface area contributed by atoms with Crippen molar-refractivity contribution in [1.29, 1.82) is 0 Å². The van der Waals surface area contributed by atoms with E-state index in [1.54, 1.807) is 37.3 Å². The van der Waals surface area contributed by atoms with Gasteiger partial charge in [-0.05, 0) is 37.3 Å². The third kappa shape index (κ3) is 4.14. The number of benzene rings is 1. The van der Waals surface area contributed by atoms with Crippen LogP contribution in [0, 0.1) is 18.8 Å². The summed E-state index contributed by atoms with van der Waals surface area (Å²) in [7, 11) is 0. The molecule has 134 valence electrons. The minimum absolute atomic E-state index is 0.199. The lowest BCUT2D eigenvalue weighted by Gasteiger charge is -2.04. The van der Waals surface area contributed by atoms with Crippen LogP contribution >= 0.6 is 0 Å². The Morgan fingerprint density at radius 2 is 2.00 bits per heavy atom. The summed E-state index contributed by atoms with van der Waals surface area (Å²) >= 11 is 0. The maximum absolute atomic E-state index is 12.2. The smallest absolute Gasteiger partial charge is 0.291 e. The molecule has 7 heteroatoms. The number of anilines is 2. The van der Waals surface area contributed by atoms with Crippen LogP contribution in [0.1, 0.15) is 37.6 Å². The Hall–Kier alpha value is -4.05. The number of rotatable bonds is 3. The van der Waals surface area contributed by atoms with E-state index in [1.165, 1.54) is 18.5 Å². The highest BCUT2D eigenvalue weighted by Crippen LogP contribution is 2.15. The van der Waals surface area contributed by atoms with Gasteiger partial charge in [0.1, 0.15) is 5.82 Å². The van der Waals surface area contributed by atoms with Crippen LogP contribution in [0.2, 0.25) is 0 Å². The first kappa shape index (κ1) is 17.8. The Bertz CT molecular complexity index is 1090. The highest BCUT2D eigenvalue weighted by Gasteiger charge is 2.12. The highest BCUT2D eigenvalue weighted by atomic mass is 16.3. The van der Waals surface area contributed by atoms with Crippen molar-refractivity contribution in [3.63, 3.8) is 0 Å². The molecule has 3 aromatic rings. The fraction of sp³-hybridized carbons (Fsp3) is 0.0500. The maximum Gasteiger partial charge on any atom is 0.291 e. The zero-order valence-corrected chi connectivity index (χ0v) is 14.4. The molecule has 2 heterocycles. The van der Waals surface area contributed by atoms with Crippen LogP contribution < -0.4 is 16.8 Å². The first-order chi connectivity index (χ1) is 12.9. The van der Waals surface area contributed by atoms with Crippen molar-refractivity contribution >= 4 is 23.3 Å². The summed E-state index contributed by atoms with van der Waals surface area (Å²) < 4.78 is 5.18. The number of nitrogens with two attached hydrogens (primary N) is 2. The molecule has 2 aromatic heterocycles. The average molecular weight is 360 g/mol. The van der Waals surface area contributed by atoms with Gasteiger partial charge in [0.15, 0.2) is 5.76 Å². The summed E-state index contributed by atoms with van der Waals surface area (Å²) in [6.45, 7) is 1.79. The van der Waals surface area contributed by atoms with Gasteiger partial charge >= 0.3 is 0 Å². The number of aryl methyl sites for hydroxylation is 1. The average Bonchev–Trinajstić information content (AvgIpc) is 3.07. The Balaban J connectivity index is 1.82. The largest absolute Gasteiger partial charge is 0.459 e. The number of hydrogen-bond acceptors (Lipinski definition) is 5. The van der Waals surface area contributed by atoms with E-state index in [4.69, 9.17) is 15.9 Å². The second-order valence-corrected chi connectivity index (χ2v) is 5.74. The van der Waals surface area contributed by atoms with E-state index in [-0.39, 0.29) is 23.0 Å². The molecule has 0 saturated carbocycles. The van der Waals surface area contributed by atoms with Crippen molar-refractivity contribution in [2.45, 2.75) is 6.92 Å². The number of carbonyl (C=O) groups is 2. The molecule has 0 aliphatic carbocycles. The molecule has 27 heavy (non-hydrogen) atoms. The number of pyridine rings is 1. The third-order valence-electron chi connectivity index (χ3n) is 3.73. The van der Waals surface area contributed by atoms with Gasteiger partial charge in [0.2, 0.25) is 5.91 Å². The van der Waals surface area contributed by atoms with Crippen molar-refractivity contribution in [3.8, 4) is 11.8 Å². The number of hydrogen-bond donors (Lipinski definition) is 3. The first-order valence-electron chi connectivity index (χ1n) is 7.97. The second-order valence-electron chi connectivity index (χ2n) is 5.74. The lowest BCUT2D eigenvalue weighted by Crippen LogP contribution is -2.12. The van der Waals surface area contributed by atoms with Crippen molar-refractivity contribution < 1.29 is 14.0 Å². The predicted molar refractivity (Wildman–Crippen MR) is 101 cm³/mol. The number of furan rings is 1. The van der Waals surface area contributed by atoms with E-state index in [0.29, 0.717) is 16.8 Å². The van der Waals surface area contributed by atoms with Crippen molar-refractivity contribution in [3.05, 3.63) is 76.9 Å². The minimum Gasteiger partial charge on any atom is -0.459 e. The fourth-order valence-corrected chi connectivity index (χ4v) is 2.32. The van der Waals surface area contributed by atoms with Crippen molar-refractivity contribution in [2.75, 3.05) is 11.1 Å². The van der Waals surface area contributed by atoms with Crippen LogP contribution in [0.4, 0.5) is 11.5 Å². The Labute approximate surface area is 155 Å². The van der Waals surface area contributed by atoms with Crippen LogP contribution in [0.5, 0.6) is 0 Å². The Morgan fingerprint density at radius 3 is 2.70 bits per heavy atom. The van der Waals surface area contributed by atoms with Gasteiger partial charge in [0.05, 0.1) is 17.4 Å². The van der Waals surface area contributed by atoms with Crippen LogP contribution in [-0.2, 0) is 0 Å². The Kier molecular flexibility index (Phi) is 4.90. The number of carbonyl (C=O) groups excluding carboxylic acids is 2. The number of aromatic nitrogens is 1. The summed E-state index contributed by atoms with van der Waals surface area (Å²) in [5.41, 5.74) is 13.6. The monoisotopic (exact) mass is 360 g/mol. The molecular formula is C20H16N4O3. The summed E-state index contributed by atoms with van der Waals surface area (Å²) in [6.07, 6.45) is 2.76. The topological polar surface area (TPSA) is 124 Å². The molecule has 3 rings (SSSR count). The van der Waals surface area contributed by atoms with Gasteiger partial charge in [0, 0.05) is 23.0 Å². The quantitative estimate of drug-likeness (QED) is 0.618. The number of primary amides is 1. The zero-order chi connectivity index (χ0) is 19.4. The molecule has 0 bridgehead atoms. The van der Waals surface area contributed by atoms with Crippen LogP contribution in [0.15, 0.2) is 53.3 Å². The molecule has 0 aliphatic rings. The molecule has 0 radical (unpaired) electrons. The van der Waals surface area contributed by atoms with Crippen molar-refractivity contribution in [2.24, 2.45) is 5.73 Å². The van der Waals surface area contributed by atoms with Gasteiger partial charge in [-0.25, -0.2) is 4.98 Å². The standard InChI is InChI=1S/C20H16N4O3/c1-12-7-8-27-17(12)20(26)24-16-4-2-3-13(9-16)5-6-14-10-15(19(22)25)11-23-18(14)21/h2-4,7-11H,1H3,(H2,21,23)(H2,22,25)(H,24,26). The summed E-state index contributed by atoms with van der Waals surface area (Å²) in [5, 5.41) is 2.76. The zero-order valence-electron chi connectivity index (χ0n) is 14.4. The van der Waals surface area contributed by atoms with E-state index in [0.717, 1.165) is 5.56 Å². The minimum atomic E-state index is -0.608. The molecule has 0 spiro atoms. The number of nitrogen functional groups attached to an aromatic ring is 1. The van der Waals surface area contributed by atoms with Crippen LogP contribution in [-0.4, -0.2) is 16.8 Å². The van der Waals surface area contributed by atoms with Gasteiger partial charge in [-0.1, -0.05) is 17.9 Å². The summed E-state index contributed by atoms with van der Waals surface area (Å²) in [5.74, 6) is 5.30. The first-order valence-corrected chi connectivity index (χ1v) is 7.97. The molecule has 0 aliphatic heterocycles. The predicted octanol–water partition coefficient (Wildman–Crippen LogP) is 2.32. The molecule has 5 N–H and O–H groups in total. The normalized spacial score (nSPS) is 9.96. The van der Waals surface area contributed by atoms with Gasteiger partial charge in [-0.2, -0.15) is 0 Å². The van der Waals surface area contributed by atoms with E-state index in [2.05, 4.69) is 22.1 Å². The fourth-order valence-electron chi connectivity index (χ4n) is 2.32. The molecule has 0 atom stereocenters. The van der Waals surface area contributed by atoms with E-state index < -0.39 is 5.91 Å². The third-order valence-corrected chi connectivity index (χ3v) is 3.73. The van der Waals surface area contributed by atoms with E-state index in [9.17, 15) is 9.59 Å². The second kappa shape index (κ2) is 7.45. The molecule has 7 nitrogen and oxygen atoms in total. The molecular weight excluding hydrogens is 344 g/mol. The molecule has 0 fully saturated rings. The van der Waals surface area contributed by atoms with Crippen molar-refractivity contribution in [1.82, 2.24) is 4.98 Å². The number of nitrogens with zero attached hydrogens (tertiary/aromatic N) is 1.